The highest BCUT2D eigenvalue weighted by Gasteiger charge is 2.09. The van der Waals surface area contributed by atoms with E-state index in [0.29, 0.717) is 16.3 Å². The van der Waals surface area contributed by atoms with Gasteiger partial charge in [-0.1, -0.05) is 24.2 Å². The number of hydrogen-bond donors (Lipinski definition) is 2. The van der Waals surface area contributed by atoms with E-state index < -0.39 is 11.2 Å². The van der Waals surface area contributed by atoms with E-state index >= 15 is 0 Å². The van der Waals surface area contributed by atoms with Gasteiger partial charge in [0, 0.05) is 0 Å². The van der Waals surface area contributed by atoms with Gasteiger partial charge in [0.2, 0.25) is 0 Å². The first-order chi connectivity index (χ1) is 7.04. The molecule has 1 aromatic rings. The average Bonchev–Trinajstić information content (AvgIpc) is 2.19. The summed E-state index contributed by atoms with van der Waals surface area (Å²) in [6.07, 6.45) is 0. The number of benzene rings is 1. The summed E-state index contributed by atoms with van der Waals surface area (Å²) < 4.78 is 4.52. The Labute approximate surface area is 97.0 Å². The molecule has 0 bridgehead atoms. The first-order valence-electron chi connectivity index (χ1n) is 3.92. The van der Waals surface area contributed by atoms with Crippen LogP contribution in [-0.2, 0) is 4.74 Å². The molecule has 0 aliphatic rings. The average molecular weight is 246 g/mol. The quantitative estimate of drug-likeness (QED) is 0.622. The molecule has 0 unspecified atom stereocenters. The Bertz CT molecular complexity index is 408. The Morgan fingerprint density at radius 2 is 2.13 bits per heavy atom. The van der Waals surface area contributed by atoms with Crippen LogP contribution in [0.2, 0.25) is 5.02 Å². The third kappa shape index (κ3) is 3.14. The summed E-state index contributed by atoms with van der Waals surface area (Å²) in [6, 6.07) is 4.41. The monoisotopic (exact) mass is 245 g/mol. The fourth-order valence-electron chi connectivity index (χ4n) is 0.981. The topological polar surface area (TPSA) is 55.4 Å². The van der Waals surface area contributed by atoms with Crippen molar-refractivity contribution in [3.63, 3.8) is 0 Å². The Hall–Kier alpha value is -1.20. The summed E-state index contributed by atoms with van der Waals surface area (Å²) in [5.74, 6) is -0.499. The number of anilines is 1. The van der Waals surface area contributed by atoms with Crippen LogP contribution in [0, 0.1) is 0 Å². The van der Waals surface area contributed by atoms with Crippen molar-refractivity contribution in [3.8, 4) is 0 Å². The molecule has 0 fully saturated rings. The fraction of sp³-hybridized carbons (Fsp3) is 0.111. The third-order valence-electron chi connectivity index (χ3n) is 1.63. The van der Waals surface area contributed by atoms with E-state index in [0.717, 1.165) is 0 Å². The van der Waals surface area contributed by atoms with Gasteiger partial charge in [-0.25, -0.2) is 4.79 Å². The minimum absolute atomic E-state index is 0.305. The van der Waals surface area contributed by atoms with Crippen LogP contribution in [0.3, 0.4) is 0 Å². The van der Waals surface area contributed by atoms with Crippen LogP contribution in [0.15, 0.2) is 18.2 Å². The highest BCUT2D eigenvalue weighted by Crippen LogP contribution is 2.23. The molecule has 1 amide bonds. The molecule has 0 aliphatic carbocycles. The molecular weight excluding hydrogens is 238 g/mol. The SMILES string of the molecule is COC(=O)c1ccc(Cl)c(NC(=O)S)c1. The first-order valence-corrected chi connectivity index (χ1v) is 4.75. The van der Waals surface area contributed by atoms with Crippen molar-refractivity contribution >= 4 is 41.1 Å². The van der Waals surface area contributed by atoms with Gasteiger partial charge in [0.05, 0.1) is 23.4 Å². The number of halogens is 1. The summed E-state index contributed by atoms with van der Waals surface area (Å²) in [4.78, 5) is 21.9. The van der Waals surface area contributed by atoms with E-state index in [1.807, 2.05) is 0 Å². The van der Waals surface area contributed by atoms with Crippen molar-refractivity contribution < 1.29 is 14.3 Å². The van der Waals surface area contributed by atoms with E-state index in [1.54, 1.807) is 0 Å². The number of hydrogen-bond acceptors (Lipinski definition) is 3. The predicted molar refractivity (Wildman–Crippen MR) is 60.8 cm³/mol. The summed E-state index contributed by atoms with van der Waals surface area (Å²) in [5.41, 5.74) is 0.624. The Kier molecular flexibility index (Phi) is 3.99. The van der Waals surface area contributed by atoms with Crippen LogP contribution in [-0.4, -0.2) is 18.3 Å². The second-order valence-corrected chi connectivity index (χ2v) is 3.43. The maximum atomic E-state index is 11.2. The summed E-state index contributed by atoms with van der Waals surface area (Å²) in [7, 11) is 1.27. The van der Waals surface area contributed by atoms with E-state index in [2.05, 4.69) is 22.7 Å². The number of rotatable bonds is 2. The molecule has 0 aliphatic heterocycles. The van der Waals surface area contributed by atoms with Gasteiger partial charge in [-0.2, -0.15) is 0 Å². The molecule has 15 heavy (non-hydrogen) atoms. The number of carbonyl (C=O) groups is 2. The molecule has 80 valence electrons. The third-order valence-corrected chi connectivity index (χ3v) is 2.07. The Morgan fingerprint density at radius 3 is 2.67 bits per heavy atom. The van der Waals surface area contributed by atoms with E-state index in [9.17, 15) is 9.59 Å². The molecule has 0 aromatic heterocycles. The van der Waals surface area contributed by atoms with Crippen molar-refractivity contribution in [2.24, 2.45) is 0 Å². The normalized spacial score (nSPS) is 9.53. The number of methoxy groups -OCH3 is 1. The molecule has 0 radical (unpaired) electrons. The lowest BCUT2D eigenvalue weighted by Crippen LogP contribution is -2.05. The van der Waals surface area contributed by atoms with Crippen LogP contribution < -0.4 is 5.32 Å². The Balaban J connectivity index is 3.05. The lowest BCUT2D eigenvalue weighted by atomic mass is 10.2. The van der Waals surface area contributed by atoms with Gasteiger partial charge in [-0.15, -0.1) is 0 Å². The van der Waals surface area contributed by atoms with E-state index in [4.69, 9.17) is 11.6 Å². The molecule has 0 heterocycles. The minimum atomic E-state index is -0.557. The predicted octanol–water partition coefficient (Wildman–Crippen LogP) is 2.59. The first kappa shape index (κ1) is 11.9. The van der Waals surface area contributed by atoms with Crippen molar-refractivity contribution in [1.82, 2.24) is 0 Å². The lowest BCUT2D eigenvalue weighted by Gasteiger charge is -2.06. The Morgan fingerprint density at radius 1 is 1.47 bits per heavy atom. The molecule has 1 rings (SSSR count). The highest BCUT2D eigenvalue weighted by molar-refractivity contribution is 7.96. The standard InChI is InChI=1S/C9H8ClNO3S/c1-14-8(12)5-2-3-6(10)7(4-5)11-9(13)15/h2-4H,1H3,(H2,11,13,15). The number of ether oxygens (including phenoxy) is 1. The zero-order valence-corrected chi connectivity index (χ0v) is 9.43. The zero-order valence-electron chi connectivity index (χ0n) is 7.78. The number of esters is 1. The molecule has 0 saturated heterocycles. The number of nitrogens with one attached hydrogen (secondary N) is 1. The van der Waals surface area contributed by atoms with E-state index in [1.165, 1.54) is 25.3 Å². The van der Waals surface area contributed by atoms with Crippen molar-refractivity contribution in [3.05, 3.63) is 28.8 Å². The van der Waals surface area contributed by atoms with Crippen LogP contribution in [0.25, 0.3) is 0 Å². The van der Waals surface area contributed by atoms with Crippen LogP contribution >= 0.6 is 24.2 Å². The summed E-state index contributed by atoms with van der Waals surface area (Å²) in [5, 5.41) is 2.15. The summed E-state index contributed by atoms with van der Waals surface area (Å²) >= 11 is 9.33. The van der Waals surface area contributed by atoms with Crippen molar-refractivity contribution in [1.29, 1.82) is 0 Å². The number of amides is 1. The maximum absolute atomic E-state index is 11.2. The molecule has 0 spiro atoms. The largest absolute Gasteiger partial charge is 0.465 e. The maximum Gasteiger partial charge on any atom is 0.337 e. The van der Waals surface area contributed by atoms with Gasteiger partial charge in [0.1, 0.15) is 0 Å². The second kappa shape index (κ2) is 5.04. The fourth-order valence-corrected chi connectivity index (χ4v) is 1.27. The van der Waals surface area contributed by atoms with Crippen LogP contribution in [0.5, 0.6) is 0 Å². The minimum Gasteiger partial charge on any atom is -0.465 e. The van der Waals surface area contributed by atoms with E-state index in [-0.39, 0.29) is 0 Å². The van der Waals surface area contributed by atoms with Crippen molar-refractivity contribution in [2.45, 2.75) is 0 Å². The molecule has 6 heteroatoms. The van der Waals surface area contributed by atoms with Crippen molar-refractivity contribution in [2.75, 3.05) is 12.4 Å². The number of carbonyl (C=O) groups excluding carboxylic acids is 2. The van der Waals surface area contributed by atoms with Gasteiger partial charge in [-0.05, 0) is 18.2 Å². The van der Waals surface area contributed by atoms with Gasteiger partial charge in [0.25, 0.3) is 5.24 Å². The lowest BCUT2D eigenvalue weighted by molar-refractivity contribution is 0.0601. The van der Waals surface area contributed by atoms with Gasteiger partial charge >= 0.3 is 5.97 Å². The zero-order chi connectivity index (χ0) is 11.4. The summed E-state index contributed by atoms with van der Waals surface area (Å²) in [6.45, 7) is 0. The van der Waals surface area contributed by atoms with Gasteiger partial charge < -0.3 is 10.1 Å². The van der Waals surface area contributed by atoms with Crippen LogP contribution in [0.1, 0.15) is 10.4 Å². The molecule has 1 N–H and O–H groups in total. The highest BCUT2D eigenvalue weighted by atomic mass is 35.5. The number of thiol groups is 1. The second-order valence-electron chi connectivity index (χ2n) is 2.62. The molecular formula is C9H8ClNO3S. The molecule has 4 nitrogen and oxygen atoms in total. The van der Waals surface area contributed by atoms with Gasteiger partial charge in [0.15, 0.2) is 0 Å². The molecule has 0 saturated carbocycles. The van der Waals surface area contributed by atoms with Gasteiger partial charge in [-0.3, -0.25) is 4.79 Å². The van der Waals surface area contributed by atoms with Crippen LogP contribution in [0.4, 0.5) is 10.5 Å². The smallest absolute Gasteiger partial charge is 0.337 e. The molecule has 1 aromatic carbocycles. The molecule has 0 atom stereocenters.